The number of nitrogens with zero attached hydrogens (tertiary/aromatic N) is 3. The van der Waals surface area contributed by atoms with E-state index in [1.165, 1.54) is 0 Å². The predicted octanol–water partition coefficient (Wildman–Crippen LogP) is 3.15. The monoisotopic (exact) mass is 376 g/mol. The van der Waals surface area contributed by atoms with Gasteiger partial charge in [0.05, 0.1) is 5.75 Å². The average molecular weight is 377 g/mol. The predicted molar refractivity (Wildman–Crippen MR) is 103 cm³/mol. The van der Waals surface area contributed by atoms with Crippen LogP contribution in [0.4, 0.5) is 5.95 Å². The molecule has 0 saturated carbocycles. The molecule has 1 N–H and O–H groups in total. The Kier molecular flexibility index (Phi) is 6.53. The molecule has 1 unspecified atom stereocenters. The van der Waals surface area contributed by atoms with Gasteiger partial charge in [0.25, 0.3) is 0 Å². The molecule has 0 radical (unpaired) electrons. The van der Waals surface area contributed by atoms with Crippen molar-refractivity contribution in [2.24, 2.45) is 0 Å². The summed E-state index contributed by atoms with van der Waals surface area (Å²) in [5, 5.41) is 3.88. The van der Waals surface area contributed by atoms with Crippen molar-refractivity contribution in [2.45, 2.75) is 24.6 Å². The SMILES string of the molecule is O=C(CSCc1ccccc1Cl)NC1CCCN(c2ncccn2)C1. The Bertz CT molecular complexity index is 700. The molecule has 2 heterocycles. The lowest BCUT2D eigenvalue weighted by atomic mass is 10.1. The number of carbonyl (C=O) groups is 1. The molecule has 3 rings (SSSR count). The van der Waals surface area contributed by atoms with Crippen LogP contribution in [0, 0.1) is 0 Å². The van der Waals surface area contributed by atoms with Crippen LogP contribution in [0.15, 0.2) is 42.7 Å². The highest BCUT2D eigenvalue weighted by atomic mass is 35.5. The third kappa shape index (κ3) is 5.34. The van der Waals surface area contributed by atoms with Crippen molar-refractivity contribution in [3.05, 3.63) is 53.3 Å². The van der Waals surface area contributed by atoms with E-state index in [1.807, 2.05) is 30.3 Å². The van der Waals surface area contributed by atoms with Gasteiger partial charge in [-0.1, -0.05) is 29.8 Å². The first kappa shape index (κ1) is 18.0. The summed E-state index contributed by atoms with van der Waals surface area (Å²) in [5.74, 6) is 1.97. The molecule has 0 spiro atoms. The molecule has 2 aromatic rings. The normalized spacial score (nSPS) is 17.3. The Morgan fingerprint density at radius 2 is 2.08 bits per heavy atom. The molecule has 1 aromatic carbocycles. The molecular formula is C18H21ClN4OS. The van der Waals surface area contributed by atoms with Crippen molar-refractivity contribution in [1.82, 2.24) is 15.3 Å². The highest BCUT2D eigenvalue weighted by Crippen LogP contribution is 2.21. The van der Waals surface area contributed by atoms with Gasteiger partial charge in [0, 0.05) is 42.3 Å². The molecule has 1 amide bonds. The van der Waals surface area contributed by atoms with E-state index in [4.69, 9.17) is 11.6 Å². The quantitative estimate of drug-likeness (QED) is 0.839. The Hall–Kier alpha value is -1.79. The highest BCUT2D eigenvalue weighted by molar-refractivity contribution is 7.99. The molecule has 1 atom stereocenters. The van der Waals surface area contributed by atoms with Crippen molar-refractivity contribution in [3.8, 4) is 0 Å². The van der Waals surface area contributed by atoms with Gasteiger partial charge in [0.15, 0.2) is 0 Å². The lowest BCUT2D eigenvalue weighted by Crippen LogP contribution is -2.48. The van der Waals surface area contributed by atoms with Crippen molar-refractivity contribution in [2.75, 3.05) is 23.7 Å². The maximum absolute atomic E-state index is 12.2. The fourth-order valence-corrected chi connectivity index (χ4v) is 3.99. The number of aromatic nitrogens is 2. The molecule has 25 heavy (non-hydrogen) atoms. The standard InChI is InChI=1S/C18H21ClN4OS/c19-16-7-2-1-5-14(16)12-25-13-17(24)22-15-6-3-10-23(11-15)18-20-8-4-9-21-18/h1-2,4-5,7-9,15H,3,6,10-13H2,(H,22,24). The molecule has 0 aliphatic carbocycles. The summed E-state index contributed by atoms with van der Waals surface area (Å²) in [5.41, 5.74) is 1.06. The minimum Gasteiger partial charge on any atom is -0.351 e. The topological polar surface area (TPSA) is 58.1 Å². The van der Waals surface area contributed by atoms with Gasteiger partial charge in [0.2, 0.25) is 11.9 Å². The van der Waals surface area contributed by atoms with Crippen LogP contribution in [0.3, 0.4) is 0 Å². The summed E-state index contributed by atoms with van der Waals surface area (Å²) in [4.78, 5) is 22.9. The summed E-state index contributed by atoms with van der Waals surface area (Å²) in [6, 6.07) is 9.69. The van der Waals surface area contributed by atoms with E-state index in [9.17, 15) is 4.79 Å². The van der Waals surface area contributed by atoms with E-state index in [2.05, 4.69) is 20.2 Å². The van der Waals surface area contributed by atoms with Crippen LogP contribution in [0.5, 0.6) is 0 Å². The zero-order valence-corrected chi connectivity index (χ0v) is 15.5. The number of hydrogen-bond donors (Lipinski definition) is 1. The third-order valence-corrected chi connectivity index (χ3v) is 5.42. The summed E-state index contributed by atoms with van der Waals surface area (Å²) >= 11 is 7.72. The first-order valence-electron chi connectivity index (χ1n) is 8.35. The summed E-state index contributed by atoms with van der Waals surface area (Å²) in [7, 11) is 0. The van der Waals surface area contributed by atoms with E-state index >= 15 is 0 Å². The number of nitrogens with one attached hydrogen (secondary N) is 1. The third-order valence-electron chi connectivity index (χ3n) is 4.07. The Morgan fingerprint density at radius 1 is 1.28 bits per heavy atom. The number of amides is 1. The first-order chi connectivity index (χ1) is 12.2. The van der Waals surface area contributed by atoms with Crippen LogP contribution in [0.25, 0.3) is 0 Å². The lowest BCUT2D eigenvalue weighted by Gasteiger charge is -2.33. The largest absolute Gasteiger partial charge is 0.351 e. The second-order valence-electron chi connectivity index (χ2n) is 5.99. The molecule has 1 aliphatic heterocycles. The van der Waals surface area contributed by atoms with Crippen LogP contribution >= 0.6 is 23.4 Å². The average Bonchev–Trinajstić information content (AvgIpc) is 2.64. The molecule has 5 nitrogen and oxygen atoms in total. The van der Waals surface area contributed by atoms with E-state index in [0.29, 0.717) is 5.75 Å². The van der Waals surface area contributed by atoms with Crippen LogP contribution in [0.2, 0.25) is 5.02 Å². The molecule has 1 fully saturated rings. The number of rotatable bonds is 6. The first-order valence-corrected chi connectivity index (χ1v) is 9.88. The van der Waals surface area contributed by atoms with Gasteiger partial charge in [-0.3, -0.25) is 4.79 Å². The molecule has 1 aromatic heterocycles. The van der Waals surface area contributed by atoms with Gasteiger partial charge in [-0.2, -0.15) is 0 Å². The second-order valence-corrected chi connectivity index (χ2v) is 7.38. The number of carbonyl (C=O) groups excluding carboxylic acids is 1. The van der Waals surface area contributed by atoms with Crippen LogP contribution < -0.4 is 10.2 Å². The van der Waals surface area contributed by atoms with Crippen molar-refractivity contribution in [1.29, 1.82) is 0 Å². The Balaban J connectivity index is 1.44. The second kappa shape index (κ2) is 9.06. The van der Waals surface area contributed by atoms with Gasteiger partial charge in [-0.15, -0.1) is 11.8 Å². The van der Waals surface area contributed by atoms with Gasteiger partial charge >= 0.3 is 0 Å². The fourth-order valence-electron chi connectivity index (χ4n) is 2.87. The number of thioether (sulfide) groups is 1. The van der Waals surface area contributed by atoms with Gasteiger partial charge in [-0.05, 0) is 30.5 Å². The van der Waals surface area contributed by atoms with Crippen LogP contribution in [-0.2, 0) is 10.5 Å². The summed E-state index contributed by atoms with van der Waals surface area (Å²) in [6.07, 6.45) is 5.51. The smallest absolute Gasteiger partial charge is 0.230 e. The zero-order chi connectivity index (χ0) is 17.5. The van der Waals surface area contributed by atoms with Crippen molar-refractivity contribution in [3.63, 3.8) is 0 Å². The van der Waals surface area contributed by atoms with E-state index in [1.54, 1.807) is 24.2 Å². The van der Waals surface area contributed by atoms with Gasteiger partial charge < -0.3 is 10.2 Å². The number of piperidine rings is 1. The molecule has 1 aliphatic rings. The summed E-state index contributed by atoms with van der Waals surface area (Å²) < 4.78 is 0. The van der Waals surface area contributed by atoms with E-state index in [-0.39, 0.29) is 11.9 Å². The number of halogens is 1. The molecular weight excluding hydrogens is 356 g/mol. The number of benzene rings is 1. The van der Waals surface area contributed by atoms with E-state index in [0.717, 1.165) is 48.2 Å². The van der Waals surface area contributed by atoms with Gasteiger partial charge in [0.1, 0.15) is 0 Å². The maximum Gasteiger partial charge on any atom is 0.230 e. The van der Waals surface area contributed by atoms with Crippen molar-refractivity contribution >= 4 is 35.2 Å². The van der Waals surface area contributed by atoms with Crippen LogP contribution in [-0.4, -0.2) is 40.8 Å². The maximum atomic E-state index is 12.2. The lowest BCUT2D eigenvalue weighted by molar-refractivity contribution is -0.119. The van der Waals surface area contributed by atoms with E-state index < -0.39 is 0 Å². The Morgan fingerprint density at radius 3 is 2.88 bits per heavy atom. The molecule has 7 heteroatoms. The summed E-state index contributed by atoms with van der Waals surface area (Å²) in [6.45, 7) is 1.68. The molecule has 132 valence electrons. The minimum absolute atomic E-state index is 0.0675. The molecule has 0 bridgehead atoms. The fraction of sp³-hybridized carbons (Fsp3) is 0.389. The van der Waals surface area contributed by atoms with Crippen LogP contribution in [0.1, 0.15) is 18.4 Å². The number of hydrogen-bond acceptors (Lipinski definition) is 5. The van der Waals surface area contributed by atoms with Crippen molar-refractivity contribution < 1.29 is 4.79 Å². The highest BCUT2D eigenvalue weighted by Gasteiger charge is 2.22. The minimum atomic E-state index is 0.0675. The van der Waals surface area contributed by atoms with Gasteiger partial charge in [-0.25, -0.2) is 9.97 Å². The zero-order valence-electron chi connectivity index (χ0n) is 13.9. The Labute approximate surface area is 157 Å². The number of anilines is 1. The molecule has 1 saturated heterocycles.